The van der Waals surface area contributed by atoms with Crippen LogP contribution in [-0.4, -0.2) is 50.5 Å². The molecule has 3 aromatic rings. The van der Waals surface area contributed by atoms with Crippen LogP contribution in [0, 0.1) is 19.8 Å². The molecule has 0 aliphatic carbocycles. The molecule has 1 N–H and O–H groups in total. The molecule has 0 spiro atoms. The fourth-order valence-corrected chi connectivity index (χ4v) is 6.25. The van der Waals surface area contributed by atoms with Crippen LogP contribution in [0.1, 0.15) is 43.9 Å². The average Bonchev–Trinajstić information content (AvgIpc) is 2.96. The van der Waals surface area contributed by atoms with Gasteiger partial charge in [0.05, 0.1) is 10.6 Å². The monoisotopic (exact) mass is 595 g/mol. The highest BCUT2D eigenvalue weighted by Gasteiger charge is 2.33. The first-order valence-electron chi connectivity index (χ1n) is 13.8. The second-order valence-electron chi connectivity index (χ2n) is 10.5. The second kappa shape index (κ2) is 14.5. The van der Waals surface area contributed by atoms with Crippen LogP contribution >= 0.6 is 11.8 Å². The highest BCUT2D eigenvalue weighted by Crippen LogP contribution is 2.27. The van der Waals surface area contributed by atoms with Crippen LogP contribution in [0.4, 0.5) is 5.69 Å². The zero-order valence-electron chi connectivity index (χ0n) is 24.8. The molecule has 0 radical (unpaired) electrons. The van der Waals surface area contributed by atoms with Crippen molar-refractivity contribution in [3.05, 3.63) is 89.5 Å². The number of nitrogens with one attached hydrogen (secondary N) is 1. The van der Waals surface area contributed by atoms with Crippen molar-refractivity contribution in [2.24, 2.45) is 5.92 Å². The molecule has 0 aliphatic rings. The topological polar surface area (TPSA) is 86.8 Å². The fourth-order valence-electron chi connectivity index (χ4n) is 4.43. The van der Waals surface area contributed by atoms with Crippen LogP contribution in [0.3, 0.4) is 0 Å². The number of nitrogens with zero attached hydrogens (tertiary/aromatic N) is 2. The zero-order chi connectivity index (χ0) is 30.2. The maximum Gasteiger partial charge on any atom is 0.264 e. The van der Waals surface area contributed by atoms with Gasteiger partial charge in [-0.15, -0.1) is 11.8 Å². The summed E-state index contributed by atoms with van der Waals surface area (Å²) in [5.41, 5.74) is 3.23. The van der Waals surface area contributed by atoms with Gasteiger partial charge in [-0.2, -0.15) is 0 Å². The van der Waals surface area contributed by atoms with Gasteiger partial charge in [0.1, 0.15) is 12.6 Å². The third kappa shape index (κ3) is 8.36. The van der Waals surface area contributed by atoms with E-state index in [4.69, 9.17) is 0 Å². The van der Waals surface area contributed by atoms with E-state index in [0.29, 0.717) is 18.7 Å². The lowest BCUT2D eigenvalue weighted by Gasteiger charge is -2.33. The Hall–Kier alpha value is -3.30. The Bertz CT molecular complexity index is 1420. The molecular formula is C32H41N3O4S2. The van der Waals surface area contributed by atoms with Gasteiger partial charge >= 0.3 is 0 Å². The number of sulfonamides is 1. The first-order valence-corrected chi connectivity index (χ1v) is 16.5. The summed E-state index contributed by atoms with van der Waals surface area (Å²) < 4.78 is 29.2. The molecule has 2 amide bonds. The highest BCUT2D eigenvalue weighted by molar-refractivity contribution is 7.98. The third-order valence-corrected chi connectivity index (χ3v) is 9.45. The Morgan fingerprint density at radius 2 is 1.56 bits per heavy atom. The standard InChI is InChI=1S/C32H41N3O4S2/c1-7-30(32(37)33-20-23(2)3)34(21-26-11-9-8-10-25(26)5)31(36)22-35(27-14-12-24(4)13-15-27)41(38,39)29-18-16-28(40-6)17-19-29/h8-19,23,30H,7,20-22H2,1-6H3,(H,33,37)/t30-/m1/s1. The van der Waals surface area contributed by atoms with Crippen molar-refractivity contribution < 1.29 is 18.0 Å². The number of carbonyl (C=O) groups is 2. The molecule has 0 aromatic heterocycles. The van der Waals surface area contributed by atoms with Gasteiger partial charge in [-0.3, -0.25) is 13.9 Å². The molecule has 3 rings (SSSR count). The summed E-state index contributed by atoms with van der Waals surface area (Å²) in [6.07, 6.45) is 2.31. The molecule has 0 unspecified atom stereocenters. The van der Waals surface area contributed by atoms with E-state index in [9.17, 15) is 18.0 Å². The molecule has 0 aliphatic heterocycles. The SMILES string of the molecule is CC[C@H](C(=O)NCC(C)C)N(Cc1ccccc1C)C(=O)CN(c1ccc(C)cc1)S(=O)(=O)c1ccc(SC)cc1. The molecule has 41 heavy (non-hydrogen) atoms. The van der Waals surface area contributed by atoms with Gasteiger partial charge in [0.15, 0.2) is 0 Å². The van der Waals surface area contributed by atoms with Gasteiger partial charge < -0.3 is 10.2 Å². The van der Waals surface area contributed by atoms with E-state index < -0.39 is 28.5 Å². The Morgan fingerprint density at radius 3 is 2.12 bits per heavy atom. The Morgan fingerprint density at radius 1 is 0.927 bits per heavy atom. The number of amides is 2. The minimum absolute atomic E-state index is 0.0934. The fraction of sp³-hybridized carbons (Fsp3) is 0.375. The van der Waals surface area contributed by atoms with Crippen molar-refractivity contribution in [2.75, 3.05) is 23.7 Å². The molecule has 0 saturated carbocycles. The molecular weight excluding hydrogens is 555 g/mol. The average molecular weight is 596 g/mol. The van der Waals surface area contributed by atoms with Crippen molar-refractivity contribution >= 4 is 39.3 Å². The molecule has 1 atom stereocenters. The van der Waals surface area contributed by atoms with Gasteiger partial charge in [0.2, 0.25) is 11.8 Å². The van der Waals surface area contributed by atoms with Crippen molar-refractivity contribution in [1.29, 1.82) is 0 Å². The van der Waals surface area contributed by atoms with Crippen LogP contribution in [0.2, 0.25) is 0 Å². The largest absolute Gasteiger partial charge is 0.354 e. The lowest BCUT2D eigenvalue weighted by Crippen LogP contribution is -2.52. The number of rotatable bonds is 13. The molecule has 0 bridgehead atoms. The number of aryl methyl sites for hydroxylation is 2. The van der Waals surface area contributed by atoms with E-state index in [1.807, 2.05) is 77.3 Å². The summed E-state index contributed by atoms with van der Waals surface area (Å²) in [6.45, 7) is 9.97. The van der Waals surface area contributed by atoms with Crippen LogP contribution < -0.4 is 9.62 Å². The predicted molar refractivity (Wildman–Crippen MR) is 168 cm³/mol. The van der Waals surface area contributed by atoms with Gasteiger partial charge in [0, 0.05) is 18.0 Å². The molecule has 0 heterocycles. The minimum Gasteiger partial charge on any atom is -0.354 e. The zero-order valence-corrected chi connectivity index (χ0v) is 26.4. The van der Waals surface area contributed by atoms with E-state index in [1.54, 1.807) is 36.4 Å². The maximum absolute atomic E-state index is 14.2. The maximum atomic E-state index is 14.2. The van der Waals surface area contributed by atoms with E-state index >= 15 is 0 Å². The van der Waals surface area contributed by atoms with E-state index in [2.05, 4.69) is 5.32 Å². The Kier molecular flexibility index (Phi) is 11.4. The number of carbonyl (C=O) groups excluding carboxylic acids is 2. The van der Waals surface area contributed by atoms with E-state index in [1.165, 1.54) is 16.7 Å². The van der Waals surface area contributed by atoms with Crippen molar-refractivity contribution in [3.63, 3.8) is 0 Å². The summed E-state index contributed by atoms with van der Waals surface area (Å²) in [4.78, 5) is 30.0. The Labute approximate surface area is 249 Å². The molecule has 0 fully saturated rings. The first-order chi connectivity index (χ1) is 19.5. The molecule has 0 saturated heterocycles. The van der Waals surface area contributed by atoms with Crippen LogP contribution in [0.5, 0.6) is 0 Å². The van der Waals surface area contributed by atoms with Crippen molar-refractivity contribution in [2.45, 2.75) is 63.4 Å². The molecule has 3 aromatic carbocycles. The van der Waals surface area contributed by atoms with Crippen LogP contribution in [0.25, 0.3) is 0 Å². The normalized spacial score (nSPS) is 12.2. The summed E-state index contributed by atoms with van der Waals surface area (Å²) in [7, 11) is -4.10. The summed E-state index contributed by atoms with van der Waals surface area (Å²) >= 11 is 1.52. The van der Waals surface area contributed by atoms with Crippen LogP contribution in [-0.2, 0) is 26.2 Å². The van der Waals surface area contributed by atoms with Gasteiger partial charge in [-0.05, 0) is 80.0 Å². The Balaban J connectivity index is 2.05. The summed E-state index contributed by atoms with van der Waals surface area (Å²) in [5.74, 6) is -0.457. The van der Waals surface area contributed by atoms with Gasteiger partial charge in [0.25, 0.3) is 10.0 Å². The minimum atomic E-state index is -4.10. The number of benzene rings is 3. The number of hydrogen-bond donors (Lipinski definition) is 1. The second-order valence-corrected chi connectivity index (χ2v) is 13.3. The predicted octanol–water partition coefficient (Wildman–Crippen LogP) is 5.80. The van der Waals surface area contributed by atoms with Crippen molar-refractivity contribution in [1.82, 2.24) is 10.2 Å². The molecule has 7 nitrogen and oxygen atoms in total. The molecule has 220 valence electrons. The highest BCUT2D eigenvalue weighted by atomic mass is 32.2. The molecule has 9 heteroatoms. The lowest BCUT2D eigenvalue weighted by molar-refractivity contribution is -0.140. The number of anilines is 1. The number of hydrogen-bond acceptors (Lipinski definition) is 5. The first kappa shape index (κ1) is 32.2. The van der Waals surface area contributed by atoms with Crippen LogP contribution in [0.15, 0.2) is 82.6 Å². The number of thioether (sulfide) groups is 1. The van der Waals surface area contributed by atoms with E-state index in [-0.39, 0.29) is 23.3 Å². The van der Waals surface area contributed by atoms with Gasteiger partial charge in [-0.1, -0.05) is 62.7 Å². The quantitative estimate of drug-likeness (QED) is 0.253. The summed E-state index contributed by atoms with van der Waals surface area (Å²) in [5, 5.41) is 2.96. The van der Waals surface area contributed by atoms with Crippen molar-refractivity contribution in [3.8, 4) is 0 Å². The van der Waals surface area contributed by atoms with Gasteiger partial charge in [-0.25, -0.2) is 8.42 Å². The third-order valence-electron chi connectivity index (χ3n) is 6.92. The lowest BCUT2D eigenvalue weighted by atomic mass is 10.1. The summed E-state index contributed by atoms with van der Waals surface area (Å²) in [6, 6.07) is 20.6. The van der Waals surface area contributed by atoms with E-state index in [0.717, 1.165) is 25.9 Å². The smallest absolute Gasteiger partial charge is 0.264 e.